The number of hydrogen-bond acceptors (Lipinski definition) is 2. The average Bonchev–Trinajstić information content (AvgIpc) is 2.94. The molecule has 2 aliphatic rings. The van der Waals surface area contributed by atoms with E-state index in [2.05, 4.69) is 19.2 Å². The molecular formula is C17H30N2O2. The van der Waals surface area contributed by atoms with E-state index in [1.54, 1.807) is 0 Å². The summed E-state index contributed by atoms with van der Waals surface area (Å²) in [5.74, 6) is 0.713. The highest BCUT2D eigenvalue weighted by Gasteiger charge is 2.50. The van der Waals surface area contributed by atoms with Crippen LogP contribution in [0.4, 0.5) is 0 Å². The van der Waals surface area contributed by atoms with Gasteiger partial charge in [-0.2, -0.15) is 0 Å². The fourth-order valence-electron chi connectivity index (χ4n) is 3.74. The number of nitrogens with zero attached hydrogens (tertiary/aromatic N) is 1. The van der Waals surface area contributed by atoms with Crippen LogP contribution in [0.1, 0.15) is 72.1 Å². The maximum Gasteiger partial charge on any atom is 0.249 e. The zero-order valence-corrected chi connectivity index (χ0v) is 13.8. The van der Waals surface area contributed by atoms with Crippen molar-refractivity contribution >= 4 is 11.8 Å². The highest BCUT2D eigenvalue weighted by Crippen LogP contribution is 2.35. The number of carbonyl (C=O) groups is 2. The average molecular weight is 294 g/mol. The number of nitrogens with one attached hydrogen (secondary N) is 1. The Morgan fingerprint density at radius 3 is 2.52 bits per heavy atom. The van der Waals surface area contributed by atoms with Gasteiger partial charge in [0.05, 0.1) is 0 Å². The maximum atomic E-state index is 12.9. The molecule has 1 aliphatic carbocycles. The quantitative estimate of drug-likeness (QED) is 0.819. The normalized spacial score (nSPS) is 26.2. The SMILES string of the molecule is CCCCC(CC)CN1C(=O)C2(CCCC2)NC(=O)C1C. The minimum Gasteiger partial charge on any atom is -0.340 e. The second-order valence-electron chi connectivity index (χ2n) is 6.83. The largest absolute Gasteiger partial charge is 0.340 e. The molecule has 0 aromatic rings. The fraction of sp³-hybridized carbons (Fsp3) is 0.882. The third-order valence-electron chi connectivity index (χ3n) is 5.33. The van der Waals surface area contributed by atoms with Crippen molar-refractivity contribution in [2.24, 2.45) is 5.92 Å². The molecule has 4 nitrogen and oxygen atoms in total. The molecule has 2 amide bonds. The van der Waals surface area contributed by atoms with Gasteiger partial charge >= 0.3 is 0 Å². The van der Waals surface area contributed by atoms with Crippen molar-refractivity contribution in [1.82, 2.24) is 10.2 Å². The van der Waals surface area contributed by atoms with E-state index >= 15 is 0 Å². The van der Waals surface area contributed by atoms with Gasteiger partial charge in [-0.3, -0.25) is 9.59 Å². The molecule has 1 aliphatic heterocycles. The Kier molecular flexibility index (Phi) is 5.28. The summed E-state index contributed by atoms with van der Waals surface area (Å²) in [6.07, 6.45) is 8.32. The molecule has 0 aromatic carbocycles. The molecule has 2 fully saturated rings. The first-order valence-electron chi connectivity index (χ1n) is 8.67. The lowest BCUT2D eigenvalue weighted by Crippen LogP contribution is -2.69. The van der Waals surface area contributed by atoms with Crippen LogP contribution in [0, 0.1) is 5.92 Å². The topological polar surface area (TPSA) is 49.4 Å². The third-order valence-corrected chi connectivity index (χ3v) is 5.33. The van der Waals surface area contributed by atoms with Gasteiger partial charge in [0.2, 0.25) is 11.8 Å². The van der Waals surface area contributed by atoms with Crippen molar-refractivity contribution in [3.05, 3.63) is 0 Å². The summed E-state index contributed by atoms with van der Waals surface area (Å²) in [6.45, 7) is 6.99. The van der Waals surface area contributed by atoms with Crippen LogP contribution < -0.4 is 5.32 Å². The number of rotatable bonds is 6. The van der Waals surface area contributed by atoms with Gasteiger partial charge in [-0.15, -0.1) is 0 Å². The van der Waals surface area contributed by atoms with Crippen molar-refractivity contribution in [3.63, 3.8) is 0 Å². The zero-order chi connectivity index (χ0) is 15.5. The molecule has 1 spiro atoms. The highest BCUT2D eigenvalue weighted by molar-refractivity contribution is 5.99. The van der Waals surface area contributed by atoms with Gasteiger partial charge in [-0.1, -0.05) is 46.0 Å². The molecule has 0 radical (unpaired) electrons. The van der Waals surface area contributed by atoms with E-state index in [1.807, 2.05) is 11.8 Å². The predicted molar refractivity (Wildman–Crippen MR) is 83.8 cm³/mol. The predicted octanol–water partition coefficient (Wildman–Crippen LogP) is 2.86. The molecule has 2 unspecified atom stereocenters. The van der Waals surface area contributed by atoms with Crippen LogP contribution >= 0.6 is 0 Å². The monoisotopic (exact) mass is 294 g/mol. The van der Waals surface area contributed by atoms with Crippen molar-refractivity contribution < 1.29 is 9.59 Å². The summed E-state index contributed by atoms with van der Waals surface area (Å²) in [5.41, 5.74) is -0.577. The molecule has 2 atom stereocenters. The zero-order valence-electron chi connectivity index (χ0n) is 13.8. The Hall–Kier alpha value is -1.06. The summed E-state index contributed by atoms with van der Waals surface area (Å²) in [7, 11) is 0. The summed E-state index contributed by atoms with van der Waals surface area (Å²) in [4.78, 5) is 27.1. The molecule has 1 saturated carbocycles. The summed E-state index contributed by atoms with van der Waals surface area (Å²) >= 11 is 0. The van der Waals surface area contributed by atoms with Crippen molar-refractivity contribution in [2.75, 3.05) is 6.54 Å². The van der Waals surface area contributed by atoms with Crippen LogP contribution in [0.15, 0.2) is 0 Å². The van der Waals surface area contributed by atoms with E-state index in [1.165, 1.54) is 12.8 Å². The molecular weight excluding hydrogens is 264 g/mol. The second-order valence-corrected chi connectivity index (χ2v) is 6.83. The molecule has 2 rings (SSSR count). The summed E-state index contributed by atoms with van der Waals surface area (Å²) in [5, 5.41) is 3.03. The lowest BCUT2D eigenvalue weighted by molar-refractivity contribution is -0.155. The second kappa shape index (κ2) is 6.80. The van der Waals surface area contributed by atoms with Gasteiger partial charge in [0.15, 0.2) is 0 Å². The van der Waals surface area contributed by atoms with Crippen LogP contribution in [0.25, 0.3) is 0 Å². The third kappa shape index (κ3) is 3.24. The van der Waals surface area contributed by atoms with Gasteiger partial charge in [0.25, 0.3) is 0 Å². The Morgan fingerprint density at radius 2 is 1.95 bits per heavy atom. The van der Waals surface area contributed by atoms with Gasteiger partial charge in [-0.25, -0.2) is 0 Å². The minimum absolute atomic E-state index is 0.0295. The number of piperazine rings is 1. The van der Waals surface area contributed by atoms with Gasteiger partial charge in [0.1, 0.15) is 11.6 Å². The number of carbonyl (C=O) groups excluding carboxylic acids is 2. The molecule has 0 aromatic heterocycles. The van der Waals surface area contributed by atoms with Crippen molar-refractivity contribution in [1.29, 1.82) is 0 Å². The van der Waals surface area contributed by atoms with Crippen LogP contribution in [0.2, 0.25) is 0 Å². The standard InChI is InChI=1S/C17H30N2O2/c1-4-6-9-14(5-2)12-19-13(3)15(20)18-17(16(19)21)10-7-8-11-17/h13-14H,4-12H2,1-3H3,(H,18,20). The van der Waals surface area contributed by atoms with E-state index in [-0.39, 0.29) is 17.9 Å². The highest BCUT2D eigenvalue weighted by atomic mass is 16.2. The van der Waals surface area contributed by atoms with Crippen LogP contribution in [0.3, 0.4) is 0 Å². The summed E-state index contributed by atoms with van der Waals surface area (Å²) < 4.78 is 0. The fourth-order valence-corrected chi connectivity index (χ4v) is 3.74. The lowest BCUT2D eigenvalue weighted by Gasteiger charge is -2.44. The Bertz CT molecular complexity index is 388. The first-order valence-corrected chi connectivity index (χ1v) is 8.67. The molecule has 21 heavy (non-hydrogen) atoms. The van der Waals surface area contributed by atoms with E-state index in [0.29, 0.717) is 5.92 Å². The minimum atomic E-state index is -0.577. The number of amides is 2. The Morgan fingerprint density at radius 1 is 1.29 bits per heavy atom. The molecule has 1 saturated heterocycles. The first kappa shape index (κ1) is 16.3. The maximum absolute atomic E-state index is 12.9. The van der Waals surface area contributed by atoms with Crippen molar-refractivity contribution in [3.8, 4) is 0 Å². The lowest BCUT2D eigenvalue weighted by atomic mass is 9.89. The van der Waals surface area contributed by atoms with E-state index in [9.17, 15) is 9.59 Å². The number of hydrogen-bond donors (Lipinski definition) is 1. The summed E-state index contributed by atoms with van der Waals surface area (Å²) in [6, 6.07) is -0.320. The smallest absolute Gasteiger partial charge is 0.249 e. The van der Waals surface area contributed by atoms with Crippen LogP contribution in [0.5, 0.6) is 0 Å². The molecule has 120 valence electrons. The molecule has 0 bridgehead atoms. The molecule has 4 heteroatoms. The van der Waals surface area contributed by atoms with E-state index in [4.69, 9.17) is 0 Å². The van der Waals surface area contributed by atoms with Crippen LogP contribution in [-0.2, 0) is 9.59 Å². The molecule has 1 heterocycles. The Balaban J connectivity index is 2.11. The van der Waals surface area contributed by atoms with Gasteiger partial charge < -0.3 is 10.2 Å². The van der Waals surface area contributed by atoms with Gasteiger partial charge in [-0.05, 0) is 32.1 Å². The van der Waals surface area contributed by atoms with E-state index < -0.39 is 5.54 Å². The first-order chi connectivity index (χ1) is 10.0. The molecule has 1 N–H and O–H groups in total. The van der Waals surface area contributed by atoms with Crippen LogP contribution in [-0.4, -0.2) is 34.8 Å². The Labute approximate surface area is 128 Å². The number of unbranched alkanes of at least 4 members (excludes halogenated alkanes) is 1. The van der Waals surface area contributed by atoms with Crippen molar-refractivity contribution in [2.45, 2.75) is 83.7 Å². The van der Waals surface area contributed by atoms with Gasteiger partial charge in [0, 0.05) is 6.54 Å². The van der Waals surface area contributed by atoms with E-state index in [0.717, 1.165) is 45.1 Å².